The molecule has 1 aromatic carbocycles. The molecule has 0 saturated carbocycles. The monoisotopic (exact) mass is 520 g/mol. The fraction of sp³-hybridized carbons (Fsp3) is 0.433. The van der Waals surface area contributed by atoms with Crippen molar-refractivity contribution in [2.45, 2.75) is 38.7 Å². The number of allylic oxidation sites excluding steroid dienone is 1. The topological polar surface area (TPSA) is 120 Å². The van der Waals surface area contributed by atoms with Crippen LogP contribution in [0.5, 0.6) is 5.75 Å². The van der Waals surface area contributed by atoms with Gasteiger partial charge in [0.2, 0.25) is 11.8 Å². The van der Waals surface area contributed by atoms with E-state index in [9.17, 15) is 24.9 Å². The van der Waals surface area contributed by atoms with Crippen LogP contribution in [-0.4, -0.2) is 70.0 Å². The van der Waals surface area contributed by atoms with E-state index in [1.807, 2.05) is 43.3 Å². The van der Waals surface area contributed by atoms with Crippen LogP contribution in [0.25, 0.3) is 11.6 Å². The average molecular weight is 521 g/mol. The van der Waals surface area contributed by atoms with Gasteiger partial charge in [0.1, 0.15) is 5.75 Å². The van der Waals surface area contributed by atoms with Crippen molar-refractivity contribution >= 4 is 23.5 Å². The lowest BCUT2D eigenvalue weighted by molar-refractivity contribution is -0.140. The number of phenols is 1. The van der Waals surface area contributed by atoms with Crippen LogP contribution in [0.4, 0.5) is 0 Å². The van der Waals surface area contributed by atoms with Crippen molar-refractivity contribution in [3.8, 4) is 5.75 Å². The Bertz CT molecular complexity index is 1210. The predicted octanol–water partition coefficient (Wildman–Crippen LogP) is 3.44. The summed E-state index contributed by atoms with van der Waals surface area (Å²) in [5, 5.41) is 32.2. The zero-order chi connectivity index (χ0) is 27.2. The van der Waals surface area contributed by atoms with Crippen LogP contribution in [0.15, 0.2) is 59.8 Å². The van der Waals surface area contributed by atoms with Gasteiger partial charge in [-0.25, -0.2) is 0 Å². The van der Waals surface area contributed by atoms with E-state index in [0.29, 0.717) is 43.4 Å². The Balaban J connectivity index is 1.64. The van der Waals surface area contributed by atoms with E-state index in [-0.39, 0.29) is 30.8 Å². The van der Waals surface area contributed by atoms with Crippen LogP contribution >= 0.6 is 0 Å². The number of likely N-dealkylation sites (tertiary alicyclic amines) is 1. The number of amides is 2. The molecule has 2 aromatic rings. The third-order valence-corrected chi connectivity index (χ3v) is 7.54. The Labute approximate surface area is 223 Å². The second kappa shape index (κ2) is 12.5. The molecule has 2 amide bonds. The third kappa shape index (κ3) is 5.57. The van der Waals surface area contributed by atoms with Crippen molar-refractivity contribution < 1.29 is 29.6 Å². The number of aromatic nitrogens is 1. The maximum absolute atomic E-state index is 13.2. The van der Waals surface area contributed by atoms with Crippen LogP contribution in [0.3, 0.4) is 0 Å². The fourth-order valence-corrected chi connectivity index (χ4v) is 5.85. The summed E-state index contributed by atoms with van der Waals surface area (Å²) >= 11 is 0. The first-order valence-corrected chi connectivity index (χ1v) is 13.2. The van der Waals surface area contributed by atoms with Crippen molar-refractivity contribution in [2.75, 3.05) is 26.9 Å². The number of methoxy groups -OCH3 is 1. The smallest absolute Gasteiger partial charge is 0.233 e. The summed E-state index contributed by atoms with van der Waals surface area (Å²) in [4.78, 5) is 32.1. The molecule has 8 heteroatoms. The molecule has 0 spiro atoms. The first-order chi connectivity index (χ1) is 18.4. The molecule has 1 saturated heterocycles. The molecule has 2 aliphatic rings. The Morgan fingerprint density at radius 2 is 1.95 bits per heavy atom. The van der Waals surface area contributed by atoms with Gasteiger partial charge in [0.25, 0.3) is 0 Å². The first kappa shape index (κ1) is 27.7. The molecule has 4 atom stereocenters. The van der Waals surface area contributed by atoms with Gasteiger partial charge >= 0.3 is 0 Å². The number of pyridine rings is 1. The van der Waals surface area contributed by atoms with Crippen LogP contribution < -0.4 is 0 Å². The van der Waals surface area contributed by atoms with Crippen LogP contribution in [0.2, 0.25) is 0 Å². The summed E-state index contributed by atoms with van der Waals surface area (Å²) in [7, 11) is 1.55. The van der Waals surface area contributed by atoms with Gasteiger partial charge in [0.15, 0.2) is 0 Å². The number of fused-ring (bicyclic) bond motifs is 1. The molecule has 1 aromatic heterocycles. The Hall–Kier alpha value is -3.33. The third-order valence-electron chi connectivity index (χ3n) is 7.54. The SMILES string of the molecule is CCCN1C(=O)[C@@H]2[C@@H](CC(COC)=C([C@H](O)CC/C(=C/c3ccccc3O)c3ccccn3)[C@@H]2CO)C1=O. The molecule has 1 aliphatic carbocycles. The van der Waals surface area contributed by atoms with E-state index in [2.05, 4.69) is 4.98 Å². The minimum atomic E-state index is -0.960. The molecule has 1 aliphatic heterocycles. The second-order valence-corrected chi connectivity index (χ2v) is 9.94. The van der Waals surface area contributed by atoms with E-state index in [0.717, 1.165) is 16.8 Å². The van der Waals surface area contributed by atoms with Gasteiger partial charge in [0.05, 0.1) is 36.8 Å². The molecular formula is C30H36N2O6. The molecule has 38 heavy (non-hydrogen) atoms. The Kier molecular flexibility index (Phi) is 9.09. The summed E-state index contributed by atoms with van der Waals surface area (Å²) in [6.45, 7) is 2.13. The molecule has 1 fully saturated rings. The highest BCUT2D eigenvalue weighted by Gasteiger charge is 2.54. The predicted molar refractivity (Wildman–Crippen MR) is 144 cm³/mol. The van der Waals surface area contributed by atoms with Crippen LogP contribution in [-0.2, 0) is 14.3 Å². The number of benzene rings is 1. The number of carbonyl (C=O) groups excluding carboxylic acids is 2. The largest absolute Gasteiger partial charge is 0.507 e. The summed E-state index contributed by atoms with van der Waals surface area (Å²) in [5.41, 5.74) is 3.56. The van der Waals surface area contributed by atoms with Crippen molar-refractivity contribution in [1.29, 1.82) is 0 Å². The highest BCUT2D eigenvalue weighted by Crippen LogP contribution is 2.46. The normalized spacial score (nSPS) is 22.7. The van der Waals surface area contributed by atoms with Crippen molar-refractivity contribution in [3.63, 3.8) is 0 Å². The number of carbonyl (C=O) groups is 2. The number of phenolic OH excluding ortho intramolecular Hbond substituents is 1. The number of rotatable bonds is 11. The Morgan fingerprint density at radius 3 is 2.61 bits per heavy atom. The number of aliphatic hydroxyl groups is 2. The highest BCUT2D eigenvalue weighted by atomic mass is 16.5. The summed E-state index contributed by atoms with van der Waals surface area (Å²) < 4.78 is 5.42. The summed E-state index contributed by atoms with van der Waals surface area (Å²) in [5.74, 6) is -2.21. The van der Waals surface area contributed by atoms with Crippen LogP contribution in [0.1, 0.15) is 43.9 Å². The fourth-order valence-electron chi connectivity index (χ4n) is 5.85. The van der Waals surface area contributed by atoms with E-state index >= 15 is 0 Å². The quantitative estimate of drug-likeness (QED) is 0.307. The molecule has 0 unspecified atom stereocenters. The number of nitrogens with zero attached hydrogens (tertiary/aromatic N) is 2. The van der Waals surface area contributed by atoms with Crippen molar-refractivity contribution in [1.82, 2.24) is 9.88 Å². The zero-order valence-electron chi connectivity index (χ0n) is 21.9. The standard InChI is InChI=1S/C30H36N2O6/c1-3-14-32-29(36)22-16-21(18-38-2)27(23(17-33)28(22)30(32)37)26(35)12-11-19(24-9-6-7-13-31-24)15-20-8-4-5-10-25(20)34/h4-10,13,15,22-23,26,28,33-35H,3,11-12,14,16-18H2,1-2H3/b19-15-/t22-,23+,26-,28-/m1/s1. The number of hydrogen-bond acceptors (Lipinski definition) is 7. The number of ether oxygens (including phenoxy) is 1. The summed E-state index contributed by atoms with van der Waals surface area (Å²) in [6, 6.07) is 12.6. The van der Waals surface area contributed by atoms with Crippen molar-refractivity contribution in [3.05, 3.63) is 71.1 Å². The molecule has 0 bridgehead atoms. The van der Waals surface area contributed by atoms with Crippen molar-refractivity contribution in [2.24, 2.45) is 17.8 Å². The van der Waals surface area contributed by atoms with Gasteiger partial charge in [-0.1, -0.05) is 31.2 Å². The molecule has 2 heterocycles. The van der Waals surface area contributed by atoms with Gasteiger partial charge in [-0.05, 0) is 66.7 Å². The van der Waals surface area contributed by atoms with E-state index in [1.54, 1.807) is 25.4 Å². The maximum atomic E-state index is 13.2. The number of imide groups is 1. The number of para-hydroxylation sites is 1. The van der Waals surface area contributed by atoms with E-state index in [4.69, 9.17) is 4.74 Å². The molecule has 0 radical (unpaired) electrons. The van der Waals surface area contributed by atoms with Crippen LogP contribution in [0, 0.1) is 17.8 Å². The Morgan fingerprint density at radius 1 is 1.18 bits per heavy atom. The molecule has 8 nitrogen and oxygen atoms in total. The lowest BCUT2D eigenvalue weighted by atomic mass is 9.68. The number of aliphatic hydroxyl groups excluding tert-OH is 2. The van der Waals surface area contributed by atoms with Gasteiger partial charge in [-0.2, -0.15) is 0 Å². The lowest BCUT2D eigenvalue weighted by Gasteiger charge is -2.36. The van der Waals surface area contributed by atoms with Gasteiger partial charge in [0, 0.05) is 31.3 Å². The van der Waals surface area contributed by atoms with E-state index in [1.165, 1.54) is 4.90 Å². The first-order valence-electron chi connectivity index (χ1n) is 13.2. The van der Waals surface area contributed by atoms with Gasteiger partial charge in [-0.15, -0.1) is 0 Å². The second-order valence-electron chi connectivity index (χ2n) is 9.94. The van der Waals surface area contributed by atoms with E-state index < -0.39 is 23.9 Å². The molecule has 3 N–H and O–H groups in total. The zero-order valence-corrected chi connectivity index (χ0v) is 21.9. The lowest BCUT2D eigenvalue weighted by Crippen LogP contribution is -2.39. The average Bonchev–Trinajstić information content (AvgIpc) is 3.16. The minimum absolute atomic E-state index is 0.145. The molecule has 4 rings (SSSR count). The molecular weight excluding hydrogens is 484 g/mol. The minimum Gasteiger partial charge on any atom is -0.507 e. The number of aromatic hydroxyl groups is 1. The maximum Gasteiger partial charge on any atom is 0.233 e. The summed E-state index contributed by atoms with van der Waals surface area (Å²) in [6.07, 6.45) is 4.30. The molecule has 202 valence electrons. The highest BCUT2D eigenvalue weighted by molar-refractivity contribution is 6.05. The van der Waals surface area contributed by atoms with Gasteiger partial charge in [-0.3, -0.25) is 19.5 Å². The van der Waals surface area contributed by atoms with Gasteiger partial charge < -0.3 is 20.1 Å². The number of hydrogen-bond donors (Lipinski definition) is 3.